The molecule has 0 unspecified atom stereocenters. The van der Waals surface area contributed by atoms with Crippen LogP contribution in [-0.4, -0.2) is 99.1 Å². The molecule has 0 aliphatic carbocycles. The van der Waals surface area contributed by atoms with Crippen molar-refractivity contribution in [1.82, 2.24) is 25.8 Å². The summed E-state index contributed by atoms with van der Waals surface area (Å²) in [7, 11) is 3.36. The largest absolute Gasteiger partial charge is 0.383 e. The maximum Gasteiger partial charge on any atom is 0.246 e. The van der Waals surface area contributed by atoms with E-state index in [0.29, 0.717) is 32.8 Å². The molecule has 0 spiro atoms. The summed E-state index contributed by atoms with van der Waals surface area (Å²) in [5.41, 5.74) is 0.711. The van der Waals surface area contributed by atoms with Crippen LogP contribution in [0.2, 0.25) is 0 Å². The van der Waals surface area contributed by atoms with Gasteiger partial charge in [-0.3, -0.25) is 14.4 Å². The van der Waals surface area contributed by atoms with Crippen molar-refractivity contribution < 1.29 is 19.1 Å². The van der Waals surface area contributed by atoms with Crippen molar-refractivity contribution in [2.24, 2.45) is 5.41 Å². The normalized spacial score (nSPS) is 17.4. The Balaban J connectivity index is 2.15. The number of amides is 3. The van der Waals surface area contributed by atoms with Crippen molar-refractivity contribution in [2.75, 3.05) is 53.5 Å². The second kappa shape index (κ2) is 15.1. The fourth-order valence-corrected chi connectivity index (χ4v) is 4.49. The highest BCUT2D eigenvalue weighted by molar-refractivity contribution is 5.90. The number of likely N-dealkylation sites (N-methyl/N-ethyl adjacent to an activating group) is 1. The molecule has 0 saturated carbocycles. The average molecular weight is 518 g/mol. The molecule has 0 aromatic heterocycles. The summed E-state index contributed by atoms with van der Waals surface area (Å²) in [5, 5.41) is 9.06. The lowest BCUT2D eigenvalue weighted by atomic mass is 9.85. The zero-order chi connectivity index (χ0) is 27.4. The smallest absolute Gasteiger partial charge is 0.246 e. The van der Waals surface area contributed by atoms with Crippen LogP contribution < -0.4 is 16.0 Å². The highest BCUT2D eigenvalue weighted by Crippen LogP contribution is 2.26. The molecule has 37 heavy (non-hydrogen) atoms. The first-order valence-corrected chi connectivity index (χ1v) is 13.4. The first-order valence-electron chi connectivity index (χ1n) is 13.4. The van der Waals surface area contributed by atoms with Gasteiger partial charge >= 0.3 is 0 Å². The molecule has 208 valence electrons. The number of nitrogens with zero attached hydrogens (tertiary/aromatic N) is 2. The molecule has 1 aliphatic rings. The predicted octanol–water partition coefficient (Wildman–Crippen LogP) is 1.42. The second-order valence-corrected chi connectivity index (χ2v) is 10.9. The number of hydrogen-bond donors (Lipinski definition) is 3. The van der Waals surface area contributed by atoms with Crippen LogP contribution in [0.4, 0.5) is 0 Å². The lowest BCUT2D eigenvalue weighted by molar-refractivity contribution is -0.142. The van der Waals surface area contributed by atoms with Gasteiger partial charge in [0.1, 0.15) is 6.04 Å². The van der Waals surface area contributed by atoms with Crippen LogP contribution in [0.5, 0.6) is 0 Å². The van der Waals surface area contributed by atoms with Crippen LogP contribution in [0.25, 0.3) is 0 Å². The minimum absolute atomic E-state index is 0.00912. The molecule has 0 radical (unpaired) electrons. The van der Waals surface area contributed by atoms with Gasteiger partial charge in [0.2, 0.25) is 17.7 Å². The van der Waals surface area contributed by atoms with Gasteiger partial charge in [-0.25, -0.2) is 0 Å². The zero-order valence-electron chi connectivity index (χ0n) is 23.5. The Morgan fingerprint density at radius 1 is 1.19 bits per heavy atom. The van der Waals surface area contributed by atoms with Gasteiger partial charge in [0.25, 0.3) is 0 Å². The minimum Gasteiger partial charge on any atom is -0.383 e. The van der Waals surface area contributed by atoms with Gasteiger partial charge in [-0.1, -0.05) is 51.1 Å². The standard InChI is InChI=1S/C28H47N5O4/c1-21(29-5)26(35)31-25(28(2,3)4)27(36)33-16-10-13-23(33)20-32(24(34)19-30-15-18-37-6)17-14-22-11-8-7-9-12-22/h7-9,11-12,21,23,25,29-30H,10,13-20H2,1-6H3,(H,31,35)/t21-,23-,25+/m0/s1. The molecule has 1 aliphatic heterocycles. The van der Waals surface area contributed by atoms with E-state index in [2.05, 4.69) is 28.1 Å². The molecule has 1 heterocycles. The number of likely N-dealkylation sites (tertiary alicyclic amines) is 1. The summed E-state index contributed by atoms with van der Waals surface area (Å²) in [6, 6.07) is 8.97. The van der Waals surface area contributed by atoms with Gasteiger partial charge in [-0.05, 0) is 44.2 Å². The Morgan fingerprint density at radius 3 is 2.51 bits per heavy atom. The van der Waals surface area contributed by atoms with E-state index in [-0.39, 0.29) is 30.3 Å². The molecule has 1 saturated heterocycles. The number of rotatable bonds is 14. The monoisotopic (exact) mass is 517 g/mol. The Labute approximate surface area is 222 Å². The molecule has 1 aromatic rings. The predicted molar refractivity (Wildman–Crippen MR) is 146 cm³/mol. The molecule has 2 rings (SSSR count). The van der Waals surface area contributed by atoms with E-state index in [1.165, 1.54) is 5.56 Å². The zero-order valence-corrected chi connectivity index (χ0v) is 23.5. The summed E-state index contributed by atoms with van der Waals surface area (Å²) in [5.74, 6) is -0.275. The summed E-state index contributed by atoms with van der Waals surface area (Å²) in [4.78, 5) is 43.4. The van der Waals surface area contributed by atoms with Gasteiger partial charge in [0.05, 0.1) is 19.2 Å². The molecule has 0 bridgehead atoms. The molecule has 3 amide bonds. The summed E-state index contributed by atoms with van der Waals surface area (Å²) >= 11 is 0. The lowest BCUT2D eigenvalue weighted by Gasteiger charge is -2.37. The van der Waals surface area contributed by atoms with E-state index in [4.69, 9.17) is 4.74 Å². The van der Waals surface area contributed by atoms with Crippen LogP contribution in [0.3, 0.4) is 0 Å². The van der Waals surface area contributed by atoms with E-state index < -0.39 is 17.5 Å². The van der Waals surface area contributed by atoms with Gasteiger partial charge in [0, 0.05) is 39.3 Å². The van der Waals surface area contributed by atoms with Crippen LogP contribution >= 0.6 is 0 Å². The van der Waals surface area contributed by atoms with E-state index in [1.54, 1.807) is 21.1 Å². The average Bonchev–Trinajstić information content (AvgIpc) is 3.34. The third kappa shape index (κ3) is 9.72. The van der Waals surface area contributed by atoms with E-state index in [1.807, 2.05) is 48.8 Å². The van der Waals surface area contributed by atoms with Crippen molar-refractivity contribution in [3.05, 3.63) is 35.9 Å². The Bertz CT molecular complexity index is 858. The maximum absolute atomic E-state index is 13.8. The topological polar surface area (TPSA) is 103 Å². The van der Waals surface area contributed by atoms with Crippen molar-refractivity contribution in [1.29, 1.82) is 0 Å². The third-order valence-corrected chi connectivity index (χ3v) is 6.94. The van der Waals surface area contributed by atoms with Crippen LogP contribution in [0, 0.1) is 5.41 Å². The van der Waals surface area contributed by atoms with Gasteiger partial charge in [0.15, 0.2) is 0 Å². The quantitative estimate of drug-likeness (QED) is 0.323. The SMILES string of the molecule is CN[C@@H](C)C(=O)N[C@H](C(=O)N1CCC[C@H]1CN(CCc1ccccc1)C(=O)CNCCOC)C(C)(C)C. The molecular formula is C28H47N5O4. The highest BCUT2D eigenvalue weighted by Gasteiger charge is 2.40. The number of hydrogen-bond acceptors (Lipinski definition) is 6. The molecule has 1 aromatic carbocycles. The summed E-state index contributed by atoms with van der Waals surface area (Å²) in [6.45, 7) is 10.7. The van der Waals surface area contributed by atoms with Gasteiger partial charge in [-0.15, -0.1) is 0 Å². The van der Waals surface area contributed by atoms with E-state index >= 15 is 0 Å². The number of carbonyl (C=O) groups excluding carboxylic acids is 3. The maximum atomic E-state index is 13.8. The number of methoxy groups -OCH3 is 1. The minimum atomic E-state index is -0.652. The first-order chi connectivity index (χ1) is 17.6. The highest BCUT2D eigenvalue weighted by atomic mass is 16.5. The summed E-state index contributed by atoms with van der Waals surface area (Å²) < 4.78 is 5.07. The number of carbonyl (C=O) groups is 3. The molecule has 9 nitrogen and oxygen atoms in total. The van der Waals surface area contributed by atoms with Crippen LogP contribution in [-0.2, 0) is 25.5 Å². The van der Waals surface area contributed by atoms with Gasteiger partial charge < -0.3 is 30.5 Å². The lowest BCUT2D eigenvalue weighted by Crippen LogP contribution is -2.59. The number of nitrogens with one attached hydrogen (secondary N) is 3. The first kappa shape index (κ1) is 30.7. The van der Waals surface area contributed by atoms with Gasteiger partial charge in [-0.2, -0.15) is 0 Å². The van der Waals surface area contributed by atoms with Crippen molar-refractivity contribution in [2.45, 2.75) is 65.1 Å². The molecule has 1 fully saturated rings. The molecule has 3 atom stereocenters. The Hall–Kier alpha value is -2.49. The number of benzene rings is 1. The fraction of sp³-hybridized carbons (Fsp3) is 0.679. The summed E-state index contributed by atoms with van der Waals surface area (Å²) in [6.07, 6.45) is 2.45. The molecule has 9 heteroatoms. The number of ether oxygens (including phenoxy) is 1. The Kier molecular flexibility index (Phi) is 12.5. The van der Waals surface area contributed by atoms with Crippen LogP contribution in [0.1, 0.15) is 46.1 Å². The van der Waals surface area contributed by atoms with E-state index in [9.17, 15) is 14.4 Å². The van der Waals surface area contributed by atoms with Crippen molar-refractivity contribution in [3.63, 3.8) is 0 Å². The Morgan fingerprint density at radius 2 is 1.89 bits per heavy atom. The third-order valence-electron chi connectivity index (χ3n) is 6.94. The molecular weight excluding hydrogens is 470 g/mol. The second-order valence-electron chi connectivity index (χ2n) is 10.9. The van der Waals surface area contributed by atoms with Crippen LogP contribution in [0.15, 0.2) is 30.3 Å². The fourth-order valence-electron chi connectivity index (χ4n) is 4.49. The molecule has 3 N–H and O–H groups in total. The van der Waals surface area contributed by atoms with Crippen molar-refractivity contribution >= 4 is 17.7 Å². The van der Waals surface area contributed by atoms with E-state index in [0.717, 1.165) is 19.3 Å². The van der Waals surface area contributed by atoms with Crippen molar-refractivity contribution in [3.8, 4) is 0 Å².